The summed E-state index contributed by atoms with van der Waals surface area (Å²) in [6.45, 7) is 1.46. The van der Waals surface area contributed by atoms with E-state index in [0.29, 0.717) is 0 Å². The number of aliphatic hydroxyl groups is 1. The summed E-state index contributed by atoms with van der Waals surface area (Å²) in [5.74, 6) is -12.2. The van der Waals surface area contributed by atoms with Gasteiger partial charge in [0.2, 0.25) is 5.82 Å². The molecule has 116 valence electrons. The number of amides is 1. The quantitative estimate of drug-likeness (QED) is 0.491. The molecule has 0 unspecified atom stereocenters. The zero-order valence-corrected chi connectivity index (χ0v) is 11.0. The lowest BCUT2D eigenvalue weighted by atomic mass is 9.93. The van der Waals surface area contributed by atoms with Crippen molar-refractivity contribution in [3.63, 3.8) is 0 Å². The SMILES string of the molecule is CC1(O)CCN(C(=O)c2c(F)c(F)c(F)c(F)c2F)CC1. The Kier molecular flexibility index (Phi) is 3.92. The van der Waals surface area contributed by atoms with Crippen LogP contribution in [-0.4, -0.2) is 34.6 Å². The Morgan fingerprint density at radius 1 is 0.952 bits per heavy atom. The zero-order valence-electron chi connectivity index (χ0n) is 11.0. The largest absolute Gasteiger partial charge is 0.390 e. The van der Waals surface area contributed by atoms with Gasteiger partial charge in [0.1, 0.15) is 5.56 Å². The summed E-state index contributed by atoms with van der Waals surface area (Å²) in [4.78, 5) is 12.9. The number of likely N-dealkylation sites (tertiary alicyclic amines) is 1. The highest BCUT2D eigenvalue weighted by molar-refractivity contribution is 5.95. The maximum absolute atomic E-state index is 13.5. The molecule has 0 radical (unpaired) electrons. The van der Waals surface area contributed by atoms with E-state index >= 15 is 0 Å². The van der Waals surface area contributed by atoms with Crippen LogP contribution in [0.4, 0.5) is 22.0 Å². The van der Waals surface area contributed by atoms with Crippen molar-refractivity contribution in [1.29, 1.82) is 0 Å². The number of halogens is 5. The molecule has 3 nitrogen and oxygen atoms in total. The van der Waals surface area contributed by atoms with E-state index in [4.69, 9.17) is 0 Å². The second kappa shape index (κ2) is 5.25. The van der Waals surface area contributed by atoms with E-state index in [1.54, 1.807) is 0 Å². The minimum atomic E-state index is -2.30. The van der Waals surface area contributed by atoms with Crippen LogP contribution in [0, 0.1) is 29.1 Å². The molecule has 1 aromatic carbocycles. The molecule has 1 N–H and O–H groups in total. The number of hydrogen-bond donors (Lipinski definition) is 1. The van der Waals surface area contributed by atoms with Crippen LogP contribution < -0.4 is 0 Å². The molecule has 0 bridgehead atoms. The van der Waals surface area contributed by atoms with E-state index in [0.717, 1.165) is 4.90 Å². The summed E-state index contributed by atoms with van der Waals surface area (Å²) < 4.78 is 66.2. The van der Waals surface area contributed by atoms with E-state index in [1.165, 1.54) is 6.92 Å². The smallest absolute Gasteiger partial charge is 0.260 e. The van der Waals surface area contributed by atoms with E-state index in [9.17, 15) is 31.9 Å². The Balaban J connectivity index is 2.37. The number of piperidine rings is 1. The molecule has 1 aliphatic rings. The van der Waals surface area contributed by atoms with Crippen molar-refractivity contribution in [3.05, 3.63) is 34.6 Å². The molecule has 0 atom stereocenters. The van der Waals surface area contributed by atoms with Gasteiger partial charge >= 0.3 is 0 Å². The average Bonchev–Trinajstić information content (AvgIpc) is 2.43. The van der Waals surface area contributed by atoms with Gasteiger partial charge in [0.25, 0.3) is 5.91 Å². The summed E-state index contributed by atoms with van der Waals surface area (Å²) in [6.07, 6.45) is 0.294. The van der Waals surface area contributed by atoms with Crippen LogP contribution in [0.15, 0.2) is 0 Å². The molecule has 1 saturated heterocycles. The second-order valence-electron chi connectivity index (χ2n) is 5.23. The van der Waals surface area contributed by atoms with Gasteiger partial charge in [-0.3, -0.25) is 4.79 Å². The fourth-order valence-corrected chi connectivity index (χ4v) is 2.14. The normalized spacial score (nSPS) is 18.0. The second-order valence-corrected chi connectivity index (χ2v) is 5.23. The third-order valence-electron chi connectivity index (χ3n) is 3.55. The van der Waals surface area contributed by atoms with Gasteiger partial charge in [-0.1, -0.05) is 0 Å². The lowest BCUT2D eigenvalue weighted by Gasteiger charge is -2.35. The fraction of sp³-hybridized carbons (Fsp3) is 0.462. The summed E-state index contributed by atoms with van der Waals surface area (Å²) in [6, 6.07) is 0. The Hall–Kier alpha value is -1.70. The number of rotatable bonds is 1. The van der Waals surface area contributed by atoms with Gasteiger partial charge in [0, 0.05) is 13.1 Å². The topological polar surface area (TPSA) is 40.5 Å². The summed E-state index contributed by atoms with van der Waals surface area (Å²) >= 11 is 0. The van der Waals surface area contributed by atoms with Crippen LogP contribution in [0.1, 0.15) is 30.1 Å². The third-order valence-corrected chi connectivity index (χ3v) is 3.55. The van der Waals surface area contributed by atoms with Gasteiger partial charge < -0.3 is 10.0 Å². The standard InChI is InChI=1S/C13H12F5NO2/c1-13(21)2-4-19(5-3-13)12(20)6-7(14)9(16)11(18)10(17)8(6)15/h21H,2-5H2,1H3. The predicted octanol–water partition coefficient (Wildman–Crippen LogP) is 2.37. The molecule has 0 aliphatic carbocycles. The van der Waals surface area contributed by atoms with E-state index in [2.05, 4.69) is 0 Å². The Morgan fingerprint density at radius 3 is 1.76 bits per heavy atom. The Bertz CT molecular complexity index is 564. The van der Waals surface area contributed by atoms with Crippen molar-refractivity contribution in [2.75, 3.05) is 13.1 Å². The van der Waals surface area contributed by atoms with Crippen molar-refractivity contribution in [1.82, 2.24) is 4.90 Å². The monoisotopic (exact) mass is 309 g/mol. The number of hydrogen-bond acceptors (Lipinski definition) is 2. The summed E-state index contributed by atoms with van der Waals surface area (Å²) in [7, 11) is 0. The van der Waals surface area contributed by atoms with Crippen molar-refractivity contribution in [2.24, 2.45) is 0 Å². The fourth-order valence-electron chi connectivity index (χ4n) is 2.14. The van der Waals surface area contributed by atoms with Gasteiger partial charge in [-0.05, 0) is 19.8 Å². The minimum absolute atomic E-state index is 0.0364. The molecule has 1 aliphatic heterocycles. The molecule has 1 aromatic rings. The molecule has 8 heteroatoms. The molecule has 1 fully saturated rings. The van der Waals surface area contributed by atoms with Crippen LogP contribution >= 0.6 is 0 Å². The van der Waals surface area contributed by atoms with Gasteiger partial charge in [0.05, 0.1) is 5.60 Å². The van der Waals surface area contributed by atoms with Gasteiger partial charge in [-0.15, -0.1) is 0 Å². The van der Waals surface area contributed by atoms with Crippen LogP contribution in [0.2, 0.25) is 0 Å². The van der Waals surface area contributed by atoms with Gasteiger partial charge in [0.15, 0.2) is 23.3 Å². The highest BCUT2D eigenvalue weighted by atomic mass is 19.2. The van der Waals surface area contributed by atoms with Crippen molar-refractivity contribution < 1.29 is 31.9 Å². The molecule has 0 saturated carbocycles. The molecule has 1 amide bonds. The molecule has 0 aromatic heterocycles. The first-order chi connectivity index (χ1) is 9.65. The number of carbonyl (C=O) groups is 1. The average molecular weight is 309 g/mol. The lowest BCUT2D eigenvalue weighted by molar-refractivity contribution is -0.00233. The first-order valence-electron chi connectivity index (χ1n) is 6.19. The van der Waals surface area contributed by atoms with Crippen molar-refractivity contribution in [3.8, 4) is 0 Å². The highest BCUT2D eigenvalue weighted by Crippen LogP contribution is 2.27. The number of benzene rings is 1. The van der Waals surface area contributed by atoms with Crippen molar-refractivity contribution in [2.45, 2.75) is 25.4 Å². The minimum Gasteiger partial charge on any atom is -0.390 e. The third kappa shape index (κ3) is 2.72. The van der Waals surface area contributed by atoms with E-state index in [1.807, 2.05) is 0 Å². The molecular weight excluding hydrogens is 297 g/mol. The molecule has 1 heterocycles. The molecule has 21 heavy (non-hydrogen) atoms. The first kappa shape index (κ1) is 15.7. The molecular formula is C13H12F5NO2. The highest BCUT2D eigenvalue weighted by Gasteiger charge is 2.35. The van der Waals surface area contributed by atoms with Crippen LogP contribution in [0.3, 0.4) is 0 Å². The number of nitrogens with zero attached hydrogens (tertiary/aromatic N) is 1. The summed E-state index contributed by atoms with van der Waals surface area (Å²) in [5, 5.41) is 9.72. The predicted molar refractivity (Wildman–Crippen MR) is 62.0 cm³/mol. The maximum Gasteiger partial charge on any atom is 0.260 e. The maximum atomic E-state index is 13.5. The molecule has 0 spiro atoms. The Labute approximate surface area is 117 Å². The number of carbonyl (C=O) groups excluding carboxylic acids is 1. The van der Waals surface area contributed by atoms with Crippen LogP contribution in [-0.2, 0) is 0 Å². The Morgan fingerprint density at radius 2 is 1.33 bits per heavy atom. The van der Waals surface area contributed by atoms with E-state index < -0.39 is 46.2 Å². The van der Waals surface area contributed by atoms with Gasteiger partial charge in [-0.25, -0.2) is 22.0 Å². The van der Waals surface area contributed by atoms with Crippen LogP contribution in [0.25, 0.3) is 0 Å². The summed E-state index contributed by atoms with van der Waals surface area (Å²) in [5.41, 5.74) is -2.49. The molecule has 2 rings (SSSR count). The van der Waals surface area contributed by atoms with Crippen LogP contribution in [0.5, 0.6) is 0 Å². The first-order valence-corrected chi connectivity index (χ1v) is 6.19. The van der Waals surface area contributed by atoms with E-state index in [-0.39, 0.29) is 25.9 Å². The van der Waals surface area contributed by atoms with Gasteiger partial charge in [-0.2, -0.15) is 0 Å². The lowest BCUT2D eigenvalue weighted by Crippen LogP contribution is -2.45. The zero-order chi connectivity index (χ0) is 15.9. The van der Waals surface area contributed by atoms with Crippen molar-refractivity contribution >= 4 is 5.91 Å².